The predicted molar refractivity (Wildman–Crippen MR) is 108 cm³/mol. The summed E-state index contributed by atoms with van der Waals surface area (Å²) < 4.78 is 38.1. The quantitative estimate of drug-likeness (QED) is 0.683. The fourth-order valence-electron chi connectivity index (χ4n) is 3.04. The van der Waals surface area contributed by atoms with Crippen molar-refractivity contribution >= 4 is 27.3 Å². The van der Waals surface area contributed by atoms with Crippen LogP contribution in [-0.4, -0.2) is 62.9 Å². The number of nitrogens with zero attached hydrogens (tertiary/aromatic N) is 2. The minimum Gasteiger partial charge on any atom is -0.490 e. The average molecular weight is 425 g/mol. The molecule has 0 bridgehead atoms. The number of ether oxygens (including phenoxy) is 2. The number of carbonyl (C=O) groups is 1. The van der Waals surface area contributed by atoms with E-state index >= 15 is 0 Å². The van der Waals surface area contributed by atoms with Crippen LogP contribution in [0.4, 0.5) is 0 Å². The topological polar surface area (TPSA) is 76.2 Å². The molecule has 0 atom stereocenters. The molecule has 0 aliphatic carbocycles. The van der Waals surface area contributed by atoms with Crippen LogP contribution in [0.25, 0.3) is 0 Å². The van der Waals surface area contributed by atoms with Gasteiger partial charge >= 0.3 is 0 Å². The summed E-state index contributed by atoms with van der Waals surface area (Å²) in [5.41, 5.74) is 0.501. The average Bonchev–Trinajstić information content (AvgIpc) is 3.25. The molecule has 2 aromatic rings. The van der Waals surface area contributed by atoms with Crippen molar-refractivity contribution in [3.05, 3.63) is 41.3 Å². The Balaban J connectivity index is 1.69. The third-order valence-electron chi connectivity index (χ3n) is 4.41. The fraction of sp³-hybridized carbons (Fsp3) is 0.421. The lowest BCUT2D eigenvalue weighted by Gasteiger charge is -2.33. The molecule has 3 rings (SSSR count). The van der Waals surface area contributed by atoms with Crippen LogP contribution in [0.5, 0.6) is 11.5 Å². The van der Waals surface area contributed by atoms with Gasteiger partial charge in [-0.1, -0.05) is 6.07 Å². The normalized spacial score (nSPS) is 15.4. The third kappa shape index (κ3) is 4.31. The van der Waals surface area contributed by atoms with E-state index in [1.54, 1.807) is 40.6 Å². The Kier molecular flexibility index (Phi) is 6.58. The second kappa shape index (κ2) is 8.93. The van der Waals surface area contributed by atoms with Crippen molar-refractivity contribution < 1.29 is 22.7 Å². The van der Waals surface area contributed by atoms with Crippen LogP contribution in [0.15, 0.2) is 39.9 Å². The number of carbonyl (C=O) groups excluding carboxylic acids is 1. The molecule has 2 heterocycles. The van der Waals surface area contributed by atoms with Gasteiger partial charge in [-0.25, -0.2) is 8.42 Å². The van der Waals surface area contributed by atoms with Gasteiger partial charge in [-0.2, -0.15) is 4.31 Å². The molecule has 9 heteroatoms. The first-order valence-electron chi connectivity index (χ1n) is 9.20. The molecule has 1 aromatic carbocycles. The molecule has 1 saturated heterocycles. The zero-order chi connectivity index (χ0) is 20.1. The highest BCUT2D eigenvalue weighted by atomic mass is 32.2. The van der Waals surface area contributed by atoms with Crippen LogP contribution in [0.1, 0.15) is 24.2 Å². The summed E-state index contributed by atoms with van der Waals surface area (Å²) in [6, 6.07) is 8.46. The molecule has 1 aliphatic heterocycles. The van der Waals surface area contributed by atoms with E-state index in [0.29, 0.717) is 47.6 Å². The van der Waals surface area contributed by atoms with Crippen molar-refractivity contribution in [1.82, 2.24) is 9.21 Å². The molecule has 28 heavy (non-hydrogen) atoms. The van der Waals surface area contributed by atoms with Crippen LogP contribution in [0.2, 0.25) is 0 Å². The lowest BCUT2D eigenvalue weighted by Crippen LogP contribution is -2.50. The van der Waals surface area contributed by atoms with E-state index in [1.807, 2.05) is 13.8 Å². The van der Waals surface area contributed by atoms with Crippen LogP contribution in [0, 0.1) is 0 Å². The zero-order valence-corrected chi connectivity index (χ0v) is 17.6. The predicted octanol–water partition coefficient (Wildman–Crippen LogP) is 2.69. The van der Waals surface area contributed by atoms with Gasteiger partial charge in [-0.15, -0.1) is 11.3 Å². The van der Waals surface area contributed by atoms with E-state index in [1.165, 1.54) is 15.6 Å². The van der Waals surface area contributed by atoms with Crippen LogP contribution >= 0.6 is 11.3 Å². The molecule has 152 valence electrons. The van der Waals surface area contributed by atoms with Crippen molar-refractivity contribution in [3.63, 3.8) is 0 Å². The van der Waals surface area contributed by atoms with Gasteiger partial charge in [0.05, 0.1) is 13.2 Å². The molecule has 0 radical (unpaired) electrons. The minimum atomic E-state index is -3.48. The summed E-state index contributed by atoms with van der Waals surface area (Å²) >= 11 is 1.20. The first-order valence-corrected chi connectivity index (χ1v) is 11.5. The lowest BCUT2D eigenvalue weighted by molar-refractivity contribution is 0.0697. The lowest BCUT2D eigenvalue weighted by atomic mass is 10.1. The molecular formula is C19H24N2O5S2. The molecule has 1 aliphatic rings. The van der Waals surface area contributed by atoms with Gasteiger partial charge in [0.25, 0.3) is 15.9 Å². The van der Waals surface area contributed by atoms with E-state index in [4.69, 9.17) is 9.47 Å². The van der Waals surface area contributed by atoms with Gasteiger partial charge in [-0.3, -0.25) is 4.79 Å². The highest BCUT2D eigenvalue weighted by Gasteiger charge is 2.31. The second-order valence-electron chi connectivity index (χ2n) is 6.16. The molecule has 0 spiro atoms. The number of hydrogen-bond acceptors (Lipinski definition) is 6. The second-order valence-corrected chi connectivity index (χ2v) is 9.27. The van der Waals surface area contributed by atoms with Crippen LogP contribution < -0.4 is 9.47 Å². The summed E-state index contributed by atoms with van der Waals surface area (Å²) in [5, 5.41) is 1.74. The maximum Gasteiger partial charge on any atom is 0.254 e. The van der Waals surface area contributed by atoms with E-state index in [2.05, 4.69) is 0 Å². The Hall–Kier alpha value is -2.10. The highest BCUT2D eigenvalue weighted by molar-refractivity contribution is 7.91. The molecule has 1 amide bonds. The Bertz CT molecular complexity index is 904. The fourth-order valence-corrected chi connectivity index (χ4v) is 5.60. The van der Waals surface area contributed by atoms with Crippen molar-refractivity contribution in [2.24, 2.45) is 0 Å². The Morgan fingerprint density at radius 3 is 2.32 bits per heavy atom. The SMILES string of the molecule is CCOc1ccc(C(=O)N2CCN(S(=O)(=O)c3cccs3)CC2)cc1OCC. The van der Waals surface area contributed by atoms with E-state index < -0.39 is 10.0 Å². The van der Waals surface area contributed by atoms with Gasteiger partial charge < -0.3 is 14.4 Å². The largest absolute Gasteiger partial charge is 0.490 e. The molecule has 1 aromatic heterocycles. The van der Waals surface area contributed by atoms with Crippen molar-refractivity contribution in [3.8, 4) is 11.5 Å². The number of thiophene rings is 1. The van der Waals surface area contributed by atoms with Gasteiger partial charge in [0, 0.05) is 31.7 Å². The number of sulfonamides is 1. The number of amides is 1. The number of hydrogen-bond donors (Lipinski definition) is 0. The summed E-state index contributed by atoms with van der Waals surface area (Å²) in [4.78, 5) is 14.5. The summed E-state index contributed by atoms with van der Waals surface area (Å²) in [6.45, 7) is 5.99. The van der Waals surface area contributed by atoms with Crippen LogP contribution in [-0.2, 0) is 10.0 Å². The van der Waals surface area contributed by atoms with Crippen molar-refractivity contribution in [2.45, 2.75) is 18.1 Å². The Morgan fingerprint density at radius 2 is 1.71 bits per heavy atom. The van der Waals surface area contributed by atoms with Crippen molar-refractivity contribution in [1.29, 1.82) is 0 Å². The van der Waals surface area contributed by atoms with E-state index in [0.717, 1.165) is 0 Å². The number of benzene rings is 1. The van der Waals surface area contributed by atoms with Gasteiger partial charge in [0.15, 0.2) is 11.5 Å². The van der Waals surface area contributed by atoms with Gasteiger partial charge in [-0.05, 0) is 43.5 Å². The van der Waals surface area contributed by atoms with Gasteiger partial charge in [0.2, 0.25) is 0 Å². The number of rotatable bonds is 7. The van der Waals surface area contributed by atoms with E-state index in [-0.39, 0.29) is 19.0 Å². The Labute approximate surface area is 169 Å². The summed E-state index contributed by atoms with van der Waals surface area (Å²) in [5.74, 6) is 0.999. The molecule has 0 unspecified atom stereocenters. The maximum atomic E-state index is 12.9. The first kappa shape index (κ1) is 20.6. The van der Waals surface area contributed by atoms with Gasteiger partial charge in [0.1, 0.15) is 4.21 Å². The zero-order valence-electron chi connectivity index (χ0n) is 16.0. The van der Waals surface area contributed by atoms with E-state index in [9.17, 15) is 13.2 Å². The smallest absolute Gasteiger partial charge is 0.254 e. The standard InChI is InChI=1S/C19H24N2O5S2/c1-3-25-16-8-7-15(14-17(16)26-4-2)19(22)20-9-11-21(12-10-20)28(23,24)18-6-5-13-27-18/h5-8,13-14H,3-4,9-12H2,1-2H3. The first-order chi connectivity index (χ1) is 13.5. The molecule has 1 fully saturated rings. The Morgan fingerprint density at radius 1 is 1.04 bits per heavy atom. The highest BCUT2D eigenvalue weighted by Crippen LogP contribution is 2.29. The molecule has 0 saturated carbocycles. The van der Waals surface area contributed by atoms with Crippen molar-refractivity contribution in [2.75, 3.05) is 39.4 Å². The molecular weight excluding hydrogens is 400 g/mol. The summed E-state index contributed by atoms with van der Waals surface area (Å²) in [7, 11) is -3.48. The third-order valence-corrected chi connectivity index (χ3v) is 7.68. The monoisotopic (exact) mass is 424 g/mol. The summed E-state index contributed by atoms with van der Waals surface area (Å²) in [6.07, 6.45) is 0. The maximum absolute atomic E-state index is 12.9. The molecule has 7 nitrogen and oxygen atoms in total. The van der Waals surface area contributed by atoms with Crippen LogP contribution in [0.3, 0.4) is 0 Å². The minimum absolute atomic E-state index is 0.142. The number of piperazine rings is 1. The molecule has 0 N–H and O–H groups in total.